The van der Waals surface area contributed by atoms with Crippen LogP contribution in [0.3, 0.4) is 0 Å². The van der Waals surface area contributed by atoms with Gasteiger partial charge in [-0.1, -0.05) is 0 Å². The molecule has 0 spiro atoms. The fourth-order valence-corrected chi connectivity index (χ4v) is 2.81. The third kappa shape index (κ3) is 4.45. The molecule has 0 aliphatic carbocycles. The normalized spacial score (nSPS) is 10.3. The molecule has 0 unspecified atom stereocenters. The Balaban J connectivity index is 1.59. The lowest BCUT2D eigenvalue weighted by molar-refractivity contribution is -0.115. The van der Waals surface area contributed by atoms with E-state index in [4.69, 9.17) is 9.15 Å². The highest BCUT2D eigenvalue weighted by atomic mass is 32.1. The van der Waals surface area contributed by atoms with Gasteiger partial charge in [0.25, 0.3) is 5.91 Å². The Morgan fingerprint density at radius 3 is 2.92 bits per heavy atom. The van der Waals surface area contributed by atoms with Crippen LogP contribution in [0.15, 0.2) is 46.5 Å². The lowest BCUT2D eigenvalue weighted by Crippen LogP contribution is -2.16. The van der Waals surface area contributed by atoms with Crippen LogP contribution in [0.25, 0.3) is 0 Å². The van der Waals surface area contributed by atoms with Crippen LogP contribution in [0.4, 0.5) is 10.8 Å². The second-order valence-electron chi connectivity index (χ2n) is 5.09. The summed E-state index contributed by atoms with van der Waals surface area (Å²) in [5, 5.41) is 7.48. The summed E-state index contributed by atoms with van der Waals surface area (Å²) in [6.45, 7) is 2.29. The predicted molar refractivity (Wildman–Crippen MR) is 96.5 cm³/mol. The molecule has 2 amide bonds. The maximum absolute atomic E-state index is 12.2. The number of hydrogen-bond acceptors (Lipinski definition) is 7. The number of carbonyl (C=O) groups is 2. The van der Waals surface area contributed by atoms with Crippen molar-refractivity contribution in [3.05, 3.63) is 53.6 Å². The molecule has 26 heavy (non-hydrogen) atoms. The molecule has 9 heteroatoms. The lowest BCUT2D eigenvalue weighted by atomic mass is 10.3. The SMILES string of the molecule is CCOc1ncccc1NC(=O)Cc1csc(NC(=O)c2ccco2)n1. The molecule has 0 fully saturated rings. The average Bonchev–Trinajstić information content (AvgIpc) is 3.29. The number of thiazole rings is 1. The summed E-state index contributed by atoms with van der Waals surface area (Å²) in [6, 6.07) is 6.61. The number of hydrogen-bond donors (Lipinski definition) is 2. The van der Waals surface area contributed by atoms with Gasteiger partial charge in [-0.05, 0) is 31.2 Å². The molecule has 0 bridgehead atoms. The molecule has 0 saturated carbocycles. The largest absolute Gasteiger partial charge is 0.476 e. The second kappa shape index (κ2) is 8.26. The van der Waals surface area contributed by atoms with E-state index in [0.717, 1.165) is 0 Å². The van der Waals surface area contributed by atoms with Crippen molar-refractivity contribution in [3.8, 4) is 5.88 Å². The Morgan fingerprint density at radius 1 is 1.27 bits per heavy atom. The summed E-state index contributed by atoms with van der Waals surface area (Å²) in [5.41, 5.74) is 1.05. The van der Waals surface area contributed by atoms with Gasteiger partial charge in [-0.25, -0.2) is 9.97 Å². The van der Waals surface area contributed by atoms with Gasteiger partial charge in [0, 0.05) is 11.6 Å². The van der Waals surface area contributed by atoms with Crippen LogP contribution in [-0.4, -0.2) is 28.4 Å². The summed E-state index contributed by atoms with van der Waals surface area (Å²) in [4.78, 5) is 32.5. The molecule has 3 rings (SSSR count). The van der Waals surface area contributed by atoms with E-state index in [0.29, 0.717) is 29.0 Å². The van der Waals surface area contributed by atoms with Gasteiger partial charge in [0.05, 0.1) is 25.0 Å². The van der Waals surface area contributed by atoms with Crippen LogP contribution < -0.4 is 15.4 Å². The van der Waals surface area contributed by atoms with Crippen molar-refractivity contribution in [1.82, 2.24) is 9.97 Å². The predicted octanol–water partition coefficient (Wildman–Crippen LogP) is 2.96. The molecular formula is C17H16N4O4S. The topological polar surface area (TPSA) is 106 Å². The van der Waals surface area contributed by atoms with Gasteiger partial charge in [0.1, 0.15) is 5.69 Å². The van der Waals surface area contributed by atoms with Crippen LogP contribution in [0, 0.1) is 0 Å². The minimum Gasteiger partial charge on any atom is -0.476 e. The van der Waals surface area contributed by atoms with Crippen LogP contribution in [0.2, 0.25) is 0 Å². The number of nitrogens with one attached hydrogen (secondary N) is 2. The fourth-order valence-electron chi connectivity index (χ4n) is 2.11. The zero-order chi connectivity index (χ0) is 18.4. The number of carbonyl (C=O) groups excluding carboxylic acids is 2. The zero-order valence-corrected chi connectivity index (χ0v) is 14.7. The first-order valence-electron chi connectivity index (χ1n) is 7.82. The van der Waals surface area contributed by atoms with Gasteiger partial charge >= 0.3 is 0 Å². The van der Waals surface area contributed by atoms with E-state index >= 15 is 0 Å². The number of nitrogens with zero attached hydrogens (tertiary/aromatic N) is 2. The number of ether oxygens (including phenoxy) is 1. The Hall–Kier alpha value is -3.20. The van der Waals surface area contributed by atoms with E-state index < -0.39 is 5.91 Å². The first kappa shape index (κ1) is 17.6. The quantitative estimate of drug-likeness (QED) is 0.660. The zero-order valence-electron chi connectivity index (χ0n) is 13.9. The van der Waals surface area contributed by atoms with E-state index in [-0.39, 0.29) is 18.1 Å². The van der Waals surface area contributed by atoms with Crippen molar-refractivity contribution in [1.29, 1.82) is 0 Å². The summed E-state index contributed by atoms with van der Waals surface area (Å²) in [6.07, 6.45) is 3.07. The van der Waals surface area contributed by atoms with Crippen molar-refractivity contribution < 1.29 is 18.7 Å². The molecular weight excluding hydrogens is 356 g/mol. The number of aromatic nitrogens is 2. The van der Waals surface area contributed by atoms with Crippen LogP contribution in [0.1, 0.15) is 23.2 Å². The highest BCUT2D eigenvalue weighted by Gasteiger charge is 2.14. The molecule has 0 radical (unpaired) electrons. The Labute approximate surface area is 153 Å². The highest BCUT2D eigenvalue weighted by Crippen LogP contribution is 2.21. The van der Waals surface area contributed by atoms with E-state index in [1.807, 2.05) is 6.92 Å². The van der Waals surface area contributed by atoms with Crippen molar-refractivity contribution in [2.75, 3.05) is 17.2 Å². The summed E-state index contributed by atoms with van der Waals surface area (Å²) < 4.78 is 10.4. The molecule has 2 N–H and O–H groups in total. The number of anilines is 2. The second-order valence-corrected chi connectivity index (χ2v) is 5.95. The number of amides is 2. The fraction of sp³-hybridized carbons (Fsp3) is 0.176. The number of rotatable bonds is 7. The molecule has 0 aliphatic heterocycles. The number of pyridine rings is 1. The standard InChI is InChI=1S/C17H16N4O4S/c1-2-24-16-12(5-3-7-18-16)20-14(22)9-11-10-26-17(19-11)21-15(23)13-6-4-8-25-13/h3-8,10H,2,9H2,1H3,(H,20,22)(H,19,21,23). The van der Waals surface area contributed by atoms with E-state index in [1.54, 1.807) is 35.8 Å². The Morgan fingerprint density at radius 2 is 2.15 bits per heavy atom. The molecule has 0 aliphatic rings. The summed E-state index contributed by atoms with van der Waals surface area (Å²) in [5.74, 6) is -0.0854. The highest BCUT2D eigenvalue weighted by molar-refractivity contribution is 7.14. The van der Waals surface area contributed by atoms with Gasteiger partial charge in [0.2, 0.25) is 11.8 Å². The monoisotopic (exact) mass is 372 g/mol. The van der Waals surface area contributed by atoms with Crippen LogP contribution in [-0.2, 0) is 11.2 Å². The van der Waals surface area contributed by atoms with Gasteiger partial charge in [-0.2, -0.15) is 0 Å². The summed E-state index contributed by atoms with van der Waals surface area (Å²) in [7, 11) is 0. The van der Waals surface area contributed by atoms with Crippen molar-refractivity contribution in [2.24, 2.45) is 0 Å². The molecule has 0 saturated heterocycles. The van der Waals surface area contributed by atoms with Crippen LogP contribution in [0.5, 0.6) is 5.88 Å². The van der Waals surface area contributed by atoms with Gasteiger partial charge in [-0.15, -0.1) is 11.3 Å². The molecule has 3 heterocycles. The third-order valence-corrected chi connectivity index (χ3v) is 3.99. The van der Waals surface area contributed by atoms with Crippen molar-refractivity contribution in [3.63, 3.8) is 0 Å². The van der Waals surface area contributed by atoms with Gasteiger partial charge in [-0.3, -0.25) is 14.9 Å². The minimum atomic E-state index is -0.392. The first-order valence-corrected chi connectivity index (χ1v) is 8.70. The molecule has 8 nitrogen and oxygen atoms in total. The van der Waals surface area contributed by atoms with Gasteiger partial charge < -0.3 is 14.5 Å². The Kier molecular flexibility index (Phi) is 5.59. The molecule has 134 valence electrons. The molecule has 3 aromatic rings. The number of furan rings is 1. The van der Waals surface area contributed by atoms with Crippen LogP contribution >= 0.6 is 11.3 Å². The van der Waals surface area contributed by atoms with E-state index in [2.05, 4.69) is 20.6 Å². The molecule has 3 aromatic heterocycles. The smallest absolute Gasteiger partial charge is 0.293 e. The summed E-state index contributed by atoms with van der Waals surface area (Å²) >= 11 is 1.23. The lowest BCUT2D eigenvalue weighted by Gasteiger charge is -2.09. The molecule has 0 aromatic carbocycles. The first-order chi connectivity index (χ1) is 12.7. The Bertz CT molecular complexity index is 892. The van der Waals surface area contributed by atoms with E-state index in [9.17, 15) is 9.59 Å². The van der Waals surface area contributed by atoms with Gasteiger partial charge in [0.15, 0.2) is 10.9 Å². The third-order valence-electron chi connectivity index (χ3n) is 3.19. The average molecular weight is 372 g/mol. The maximum atomic E-state index is 12.2. The van der Waals surface area contributed by atoms with Crippen molar-refractivity contribution >= 4 is 34.0 Å². The van der Waals surface area contributed by atoms with E-state index in [1.165, 1.54) is 17.6 Å². The molecule has 0 atom stereocenters. The maximum Gasteiger partial charge on any atom is 0.293 e. The van der Waals surface area contributed by atoms with Crippen molar-refractivity contribution in [2.45, 2.75) is 13.3 Å². The minimum absolute atomic E-state index is 0.0631.